The Morgan fingerprint density at radius 2 is 1.48 bits per heavy atom. The number of methoxy groups -OCH3 is 1. The van der Waals surface area contributed by atoms with Gasteiger partial charge < -0.3 is 19.2 Å². The second-order valence-corrected chi connectivity index (χ2v) is 12.5. The zero-order valence-corrected chi connectivity index (χ0v) is 17.2. The summed E-state index contributed by atoms with van der Waals surface area (Å²) in [5.74, 6) is 0. The van der Waals surface area contributed by atoms with Crippen LogP contribution in [0.25, 0.3) is 0 Å². The van der Waals surface area contributed by atoms with E-state index in [0.717, 1.165) is 0 Å². The topological polar surface area (TPSA) is 69.4 Å². The van der Waals surface area contributed by atoms with Gasteiger partial charge in [-0.2, -0.15) is 0 Å². The van der Waals surface area contributed by atoms with Gasteiger partial charge in [-0.15, -0.1) is 5.01 Å². The standard InChI is InChI=1S/C15H35N3O4Si/c1-12(2)17(10-20-9)18(19)16-21-11-22-23(13(3)4,14(5)6)15(7)8/h12-15H,10-11H2,1-9H3/b18-16-. The minimum Gasteiger partial charge on any atom is -0.569 e. The molecule has 0 bridgehead atoms. The van der Waals surface area contributed by atoms with Gasteiger partial charge in [-0.1, -0.05) is 41.5 Å². The lowest BCUT2D eigenvalue weighted by molar-refractivity contribution is -0.724. The van der Waals surface area contributed by atoms with Crippen molar-refractivity contribution in [3.8, 4) is 0 Å². The molecule has 8 heteroatoms. The Hall–Kier alpha value is -0.863. The third kappa shape index (κ3) is 5.93. The Morgan fingerprint density at radius 1 is 1.00 bits per heavy atom. The van der Waals surface area contributed by atoms with E-state index in [2.05, 4.69) is 46.8 Å². The van der Waals surface area contributed by atoms with Crippen LogP contribution < -0.4 is 0 Å². The molecule has 0 aliphatic heterocycles. The second-order valence-electron chi connectivity index (χ2n) is 6.99. The molecule has 0 aliphatic rings. The number of hydrogen-bond donors (Lipinski definition) is 0. The fourth-order valence-electron chi connectivity index (χ4n) is 3.28. The third-order valence-corrected chi connectivity index (χ3v) is 10.3. The van der Waals surface area contributed by atoms with Crippen LogP contribution in [0.3, 0.4) is 0 Å². The van der Waals surface area contributed by atoms with E-state index in [1.807, 2.05) is 13.8 Å². The first-order valence-corrected chi connectivity index (χ1v) is 10.4. The molecule has 0 spiro atoms. The van der Waals surface area contributed by atoms with Crippen molar-refractivity contribution in [3.63, 3.8) is 0 Å². The molecule has 0 saturated carbocycles. The minimum atomic E-state index is -2.01. The van der Waals surface area contributed by atoms with E-state index in [9.17, 15) is 5.21 Å². The van der Waals surface area contributed by atoms with Gasteiger partial charge in [-0.25, -0.2) is 0 Å². The molecule has 0 aliphatic carbocycles. The highest BCUT2D eigenvalue weighted by molar-refractivity contribution is 6.77. The van der Waals surface area contributed by atoms with Crippen LogP contribution >= 0.6 is 0 Å². The van der Waals surface area contributed by atoms with Crippen molar-refractivity contribution >= 4 is 8.32 Å². The smallest absolute Gasteiger partial charge is 0.235 e. The highest BCUT2D eigenvalue weighted by atomic mass is 28.4. The molecule has 0 rings (SSSR count). The van der Waals surface area contributed by atoms with Gasteiger partial charge in [0.05, 0.1) is 11.0 Å². The normalized spacial score (nSPS) is 13.5. The molecule has 138 valence electrons. The van der Waals surface area contributed by atoms with Crippen molar-refractivity contribution in [3.05, 3.63) is 5.21 Å². The van der Waals surface area contributed by atoms with Crippen LogP contribution in [0.15, 0.2) is 5.28 Å². The molecule has 0 atom stereocenters. The molecule has 0 aromatic heterocycles. The molecule has 0 radical (unpaired) electrons. The van der Waals surface area contributed by atoms with E-state index in [0.29, 0.717) is 21.6 Å². The zero-order chi connectivity index (χ0) is 18.2. The molecule has 0 saturated heterocycles. The first-order valence-electron chi connectivity index (χ1n) is 8.30. The lowest BCUT2D eigenvalue weighted by atomic mass is 10.4. The molecule has 0 heterocycles. The molecule has 0 aromatic carbocycles. The summed E-state index contributed by atoms with van der Waals surface area (Å²) >= 11 is 0. The van der Waals surface area contributed by atoms with Gasteiger partial charge in [-0.3, -0.25) is 0 Å². The van der Waals surface area contributed by atoms with Gasteiger partial charge in [0.25, 0.3) is 0 Å². The first-order chi connectivity index (χ1) is 10.6. The predicted octanol–water partition coefficient (Wildman–Crippen LogP) is 4.26. The van der Waals surface area contributed by atoms with Gasteiger partial charge in [0.15, 0.2) is 6.73 Å². The molecule has 7 nitrogen and oxygen atoms in total. The maximum absolute atomic E-state index is 11.9. The number of rotatable bonds is 11. The molecule has 0 N–H and O–H groups in total. The zero-order valence-electron chi connectivity index (χ0n) is 16.2. The van der Waals surface area contributed by atoms with Gasteiger partial charge in [0.2, 0.25) is 20.4 Å². The largest absolute Gasteiger partial charge is 0.569 e. The average Bonchev–Trinajstić information content (AvgIpc) is 2.42. The lowest BCUT2D eigenvalue weighted by Crippen LogP contribution is -2.48. The fraction of sp³-hybridized carbons (Fsp3) is 1.00. The average molecular weight is 350 g/mol. The Morgan fingerprint density at radius 3 is 1.83 bits per heavy atom. The van der Waals surface area contributed by atoms with Crippen LogP contribution in [0.1, 0.15) is 55.4 Å². The predicted molar refractivity (Wildman–Crippen MR) is 93.0 cm³/mol. The van der Waals surface area contributed by atoms with E-state index in [1.54, 1.807) is 0 Å². The van der Waals surface area contributed by atoms with Crippen LogP contribution in [0.4, 0.5) is 0 Å². The number of hydrazine groups is 1. The third-order valence-electron chi connectivity index (χ3n) is 4.27. The molecule has 0 unspecified atom stereocenters. The molecule has 23 heavy (non-hydrogen) atoms. The van der Waals surface area contributed by atoms with E-state index >= 15 is 0 Å². The van der Waals surface area contributed by atoms with Gasteiger partial charge in [0.1, 0.15) is 0 Å². The summed E-state index contributed by atoms with van der Waals surface area (Å²) in [5, 5.41) is 16.9. The molecule has 0 fully saturated rings. The van der Waals surface area contributed by atoms with Gasteiger partial charge >= 0.3 is 0 Å². The van der Waals surface area contributed by atoms with Crippen molar-refractivity contribution in [1.29, 1.82) is 0 Å². The SMILES string of the molecule is COCN(C(C)C)/[N+]([O-])=N/OCO[Si](C(C)C)(C(C)C)C(C)C. The Balaban J connectivity index is 4.81. The minimum absolute atomic E-state index is 0.00157. The number of hydrogen-bond acceptors (Lipinski definition) is 5. The Bertz CT molecular complexity index is 341. The summed E-state index contributed by atoms with van der Waals surface area (Å²) in [6, 6.07) is -0.0452. The summed E-state index contributed by atoms with van der Waals surface area (Å²) in [6.07, 6.45) is 0. The second kappa shape index (κ2) is 10.1. The van der Waals surface area contributed by atoms with Crippen molar-refractivity contribution in [2.45, 2.75) is 78.1 Å². The van der Waals surface area contributed by atoms with Crippen LogP contribution in [0.2, 0.25) is 16.6 Å². The van der Waals surface area contributed by atoms with E-state index < -0.39 is 8.32 Å². The fourth-order valence-corrected chi connectivity index (χ4v) is 8.53. The van der Waals surface area contributed by atoms with Gasteiger partial charge in [-0.05, 0) is 30.5 Å². The van der Waals surface area contributed by atoms with E-state index in [4.69, 9.17) is 14.0 Å². The van der Waals surface area contributed by atoms with Crippen molar-refractivity contribution in [2.75, 3.05) is 20.6 Å². The maximum Gasteiger partial charge on any atom is 0.235 e. The quantitative estimate of drug-likeness (QED) is 0.139. The molecule has 0 amide bonds. The Kier molecular flexibility index (Phi) is 9.72. The lowest BCUT2D eigenvalue weighted by Gasteiger charge is -2.41. The number of ether oxygens (including phenoxy) is 1. The van der Waals surface area contributed by atoms with Crippen molar-refractivity contribution in [1.82, 2.24) is 5.01 Å². The van der Waals surface area contributed by atoms with Crippen LogP contribution in [0, 0.1) is 5.21 Å². The monoisotopic (exact) mass is 349 g/mol. The molecular weight excluding hydrogens is 314 g/mol. The first kappa shape index (κ1) is 22.1. The van der Waals surface area contributed by atoms with E-state index in [-0.39, 0.29) is 19.6 Å². The van der Waals surface area contributed by atoms with Crippen LogP contribution in [-0.4, -0.2) is 45.0 Å². The summed E-state index contributed by atoms with van der Waals surface area (Å²) in [6.45, 7) is 17.1. The van der Waals surface area contributed by atoms with Crippen LogP contribution in [0.5, 0.6) is 0 Å². The highest BCUT2D eigenvalue weighted by Gasteiger charge is 2.45. The van der Waals surface area contributed by atoms with Crippen LogP contribution in [-0.2, 0) is 14.0 Å². The van der Waals surface area contributed by atoms with E-state index in [1.165, 1.54) is 12.1 Å². The highest BCUT2D eigenvalue weighted by Crippen LogP contribution is 2.42. The van der Waals surface area contributed by atoms with Crippen molar-refractivity contribution < 1.29 is 19.0 Å². The van der Waals surface area contributed by atoms with Crippen molar-refractivity contribution in [2.24, 2.45) is 5.28 Å². The number of nitrogens with zero attached hydrogens (tertiary/aromatic N) is 3. The summed E-state index contributed by atoms with van der Waals surface area (Å²) in [5.41, 5.74) is 1.36. The molecular formula is C15H35N3O4Si. The summed E-state index contributed by atoms with van der Waals surface area (Å²) < 4.78 is 11.2. The summed E-state index contributed by atoms with van der Waals surface area (Å²) in [4.78, 5) is 5.55. The maximum atomic E-state index is 11.9. The summed E-state index contributed by atoms with van der Waals surface area (Å²) in [7, 11) is -0.479. The van der Waals surface area contributed by atoms with Gasteiger partial charge in [0, 0.05) is 7.11 Å². The Labute approximate surface area is 142 Å². The molecule has 0 aromatic rings.